The summed E-state index contributed by atoms with van der Waals surface area (Å²) >= 11 is 0. The second-order valence-electron chi connectivity index (χ2n) is 2.16. The maximum Gasteiger partial charge on any atom is 0.270 e. The highest BCUT2D eigenvalue weighted by Gasteiger charge is 2.07. The van der Waals surface area contributed by atoms with Gasteiger partial charge in [-0.05, 0) is 6.07 Å². The zero-order chi connectivity index (χ0) is 6.97. The molecule has 0 spiro atoms. The van der Waals surface area contributed by atoms with Crippen LogP contribution in [0.25, 0.3) is 0 Å². The molecule has 0 aromatic carbocycles. The predicted octanol–water partition coefficient (Wildman–Crippen LogP) is -0.590. The molecule has 0 saturated carbocycles. The molecule has 52 valence electrons. The molecule has 0 aliphatic carbocycles. The van der Waals surface area contributed by atoms with E-state index in [4.69, 9.17) is 0 Å². The van der Waals surface area contributed by atoms with Crippen LogP contribution in [0.2, 0.25) is 0 Å². The summed E-state index contributed by atoms with van der Waals surface area (Å²) in [7, 11) is 0. The number of hydrogen-bond acceptors (Lipinski definition) is 3. The van der Waals surface area contributed by atoms with Gasteiger partial charge in [0, 0.05) is 6.07 Å². The van der Waals surface area contributed by atoms with Gasteiger partial charge in [-0.2, -0.15) is 0 Å². The van der Waals surface area contributed by atoms with Gasteiger partial charge in [-0.25, -0.2) is 10.1 Å². The van der Waals surface area contributed by atoms with E-state index in [-0.39, 0.29) is 5.56 Å². The maximum absolute atomic E-state index is 11.0. The van der Waals surface area contributed by atoms with E-state index >= 15 is 0 Å². The molecule has 0 unspecified atom stereocenters. The summed E-state index contributed by atoms with van der Waals surface area (Å²) in [4.78, 5) is 11.0. The van der Waals surface area contributed by atoms with Crippen LogP contribution in [-0.4, -0.2) is 4.68 Å². The first-order chi connectivity index (χ1) is 4.88. The first-order valence-corrected chi connectivity index (χ1v) is 3.08. The van der Waals surface area contributed by atoms with Crippen molar-refractivity contribution in [2.75, 3.05) is 5.53 Å². The SMILES string of the molecule is O=c1cccc2n1NNC2. The summed E-state index contributed by atoms with van der Waals surface area (Å²) < 4.78 is 1.49. The highest BCUT2D eigenvalue weighted by atomic mass is 16.1. The van der Waals surface area contributed by atoms with Gasteiger partial charge < -0.3 is 0 Å². The Kier molecular flexibility index (Phi) is 1.01. The third-order valence-corrected chi connectivity index (χ3v) is 1.50. The smallest absolute Gasteiger partial charge is 0.267 e. The molecular formula is C6H7N3O. The van der Waals surface area contributed by atoms with Gasteiger partial charge in [0.2, 0.25) is 0 Å². The van der Waals surface area contributed by atoms with Gasteiger partial charge in [0.25, 0.3) is 5.56 Å². The van der Waals surface area contributed by atoms with Crippen LogP contribution in [0.1, 0.15) is 5.69 Å². The number of pyridine rings is 1. The Hall–Kier alpha value is -1.29. The average Bonchev–Trinajstić information content (AvgIpc) is 2.36. The van der Waals surface area contributed by atoms with Crippen LogP contribution in [0.15, 0.2) is 23.0 Å². The normalized spacial score (nSPS) is 14.4. The molecule has 0 atom stereocenters. The van der Waals surface area contributed by atoms with Crippen molar-refractivity contribution < 1.29 is 0 Å². The van der Waals surface area contributed by atoms with Crippen molar-refractivity contribution in [1.82, 2.24) is 10.1 Å². The second kappa shape index (κ2) is 1.85. The molecule has 1 aliphatic rings. The number of aromatic nitrogens is 1. The van der Waals surface area contributed by atoms with Crippen molar-refractivity contribution in [2.45, 2.75) is 6.54 Å². The van der Waals surface area contributed by atoms with E-state index in [1.54, 1.807) is 6.07 Å². The van der Waals surface area contributed by atoms with Gasteiger partial charge in [0.1, 0.15) is 0 Å². The van der Waals surface area contributed by atoms with Gasteiger partial charge in [-0.3, -0.25) is 10.3 Å². The molecular weight excluding hydrogens is 130 g/mol. The predicted molar refractivity (Wildman–Crippen MR) is 36.9 cm³/mol. The Morgan fingerprint density at radius 1 is 1.50 bits per heavy atom. The maximum atomic E-state index is 11.0. The van der Waals surface area contributed by atoms with Gasteiger partial charge in [0.15, 0.2) is 0 Å². The highest BCUT2D eigenvalue weighted by molar-refractivity contribution is 5.10. The highest BCUT2D eigenvalue weighted by Crippen LogP contribution is 1.96. The Morgan fingerprint density at radius 2 is 2.40 bits per heavy atom. The monoisotopic (exact) mass is 137 g/mol. The van der Waals surface area contributed by atoms with Crippen molar-refractivity contribution in [2.24, 2.45) is 0 Å². The molecule has 0 radical (unpaired) electrons. The van der Waals surface area contributed by atoms with E-state index in [2.05, 4.69) is 11.0 Å². The molecule has 10 heavy (non-hydrogen) atoms. The largest absolute Gasteiger partial charge is 0.270 e. The Morgan fingerprint density at radius 3 is 3.20 bits per heavy atom. The van der Waals surface area contributed by atoms with Crippen LogP contribution >= 0.6 is 0 Å². The van der Waals surface area contributed by atoms with Gasteiger partial charge >= 0.3 is 0 Å². The molecule has 2 N–H and O–H groups in total. The summed E-state index contributed by atoms with van der Waals surface area (Å²) in [6.45, 7) is 0.704. The third-order valence-electron chi connectivity index (χ3n) is 1.50. The zero-order valence-electron chi connectivity index (χ0n) is 5.29. The summed E-state index contributed by atoms with van der Waals surface area (Å²) in [5.41, 5.74) is 6.50. The number of nitrogens with zero attached hydrogens (tertiary/aromatic N) is 1. The molecule has 0 amide bonds. The molecule has 1 aromatic rings. The standard InChI is InChI=1S/C6H7N3O/c10-6-3-1-2-5-4-7-8-9(5)6/h1-3,7-8H,4H2. The van der Waals surface area contributed by atoms with E-state index in [0.717, 1.165) is 5.69 Å². The fraction of sp³-hybridized carbons (Fsp3) is 0.167. The summed E-state index contributed by atoms with van der Waals surface area (Å²) in [6.07, 6.45) is 0. The van der Waals surface area contributed by atoms with E-state index in [0.29, 0.717) is 6.54 Å². The molecule has 1 aliphatic heterocycles. The summed E-state index contributed by atoms with van der Waals surface area (Å²) in [6, 6.07) is 5.17. The van der Waals surface area contributed by atoms with Crippen molar-refractivity contribution >= 4 is 0 Å². The van der Waals surface area contributed by atoms with Crippen LogP contribution in [0.5, 0.6) is 0 Å². The van der Waals surface area contributed by atoms with Crippen molar-refractivity contribution in [3.63, 3.8) is 0 Å². The van der Waals surface area contributed by atoms with Crippen LogP contribution in [0.3, 0.4) is 0 Å². The lowest BCUT2D eigenvalue weighted by Gasteiger charge is -1.98. The summed E-state index contributed by atoms with van der Waals surface area (Å²) in [5, 5.41) is 0. The first-order valence-electron chi connectivity index (χ1n) is 3.08. The third kappa shape index (κ3) is 0.625. The minimum atomic E-state index is -0.0255. The van der Waals surface area contributed by atoms with Crippen LogP contribution < -0.4 is 16.5 Å². The molecule has 2 rings (SSSR count). The molecule has 4 nitrogen and oxygen atoms in total. The lowest BCUT2D eigenvalue weighted by atomic mass is 10.3. The average molecular weight is 137 g/mol. The number of nitrogens with one attached hydrogen (secondary N) is 2. The van der Waals surface area contributed by atoms with Crippen LogP contribution in [0, 0.1) is 0 Å². The Balaban J connectivity index is 2.70. The molecule has 2 heterocycles. The van der Waals surface area contributed by atoms with Gasteiger partial charge in [-0.15, -0.1) is 0 Å². The van der Waals surface area contributed by atoms with Gasteiger partial charge in [-0.1, -0.05) is 6.07 Å². The number of hydrogen-bond donors (Lipinski definition) is 2. The Labute approximate surface area is 57.4 Å². The van der Waals surface area contributed by atoms with Gasteiger partial charge in [0.05, 0.1) is 12.2 Å². The topological polar surface area (TPSA) is 46.1 Å². The van der Waals surface area contributed by atoms with E-state index < -0.39 is 0 Å². The molecule has 0 fully saturated rings. The minimum Gasteiger partial charge on any atom is -0.267 e. The fourth-order valence-corrected chi connectivity index (χ4v) is 1.01. The molecule has 0 bridgehead atoms. The first kappa shape index (κ1) is 5.49. The molecule has 0 saturated heterocycles. The lowest BCUT2D eigenvalue weighted by Crippen LogP contribution is -2.28. The Bertz CT molecular complexity index is 304. The van der Waals surface area contributed by atoms with Crippen LogP contribution in [0.4, 0.5) is 0 Å². The van der Waals surface area contributed by atoms with Crippen molar-refractivity contribution in [3.8, 4) is 0 Å². The quantitative estimate of drug-likeness (QED) is 0.502. The molecule has 1 aromatic heterocycles. The van der Waals surface area contributed by atoms with Crippen LogP contribution in [-0.2, 0) is 6.54 Å². The van der Waals surface area contributed by atoms with Crippen molar-refractivity contribution in [1.29, 1.82) is 0 Å². The molecule has 4 heteroatoms. The zero-order valence-corrected chi connectivity index (χ0v) is 5.29. The lowest BCUT2D eigenvalue weighted by molar-refractivity contribution is 0.789. The van der Waals surface area contributed by atoms with E-state index in [1.807, 2.05) is 6.07 Å². The second-order valence-corrected chi connectivity index (χ2v) is 2.16. The number of hydrazine groups is 1. The van der Waals surface area contributed by atoms with E-state index in [9.17, 15) is 4.79 Å². The number of rotatable bonds is 0. The van der Waals surface area contributed by atoms with E-state index in [1.165, 1.54) is 10.7 Å². The fourth-order valence-electron chi connectivity index (χ4n) is 1.01. The van der Waals surface area contributed by atoms with Crippen molar-refractivity contribution in [3.05, 3.63) is 34.2 Å². The number of fused-ring (bicyclic) bond motifs is 1. The minimum absolute atomic E-state index is 0.0255. The summed E-state index contributed by atoms with van der Waals surface area (Å²) in [5.74, 6) is 0.